The first-order chi connectivity index (χ1) is 10.1. The zero-order valence-corrected chi connectivity index (χ0v) is 12.9. The van der Waals surface area contributed by atoms with Gasteiger partial charge in [-0.1, -0.05) is 24.3 Å². The van der Waals surface area contributed by atoms with Crippen molar-refractivity contribution in [1.82, 2.24) is 4.90 Å². The number of rotatable bonds is 3. The predicted molar refractivity (Wildman–Crippen MR) is 80.9 cm³/mol. The molecule has 2 unspecified atom stereocenters. The van der Waals surface area contributed by atoms with Gasteiger partial charge in [0.15, 0.2) is 5.79 Å². The largest absolute Gasteiger partial charge is 0.391 e. The summed E-state index contributed by atoms with van der Waals surface area (Å²) >= 11 is 0. The maximum absolute atomic E-state index is 10.4. The van der Waals surface area contributed by atoms with Gasteiger partial charge in [-0.2, -0.15) is 0 Å². The van der Waals surface area contributed by atoms with Crippen molar-refractivity contribution in [2.24, 2.45) is 0 Å². The summed E-state index contributed by atoms with van der Waals surface area (Å²) in [7, 11) is 2.08. The first-order valence-corrected chi connectivity index (χ1v) is 7.80. The molecule has 2 aliphatic rings. The van der Waals surface area contributed by atoms with E-state index in [1.165, 1.54) is 11.1 Å². The molecule has 116 valence electrons. The van der Waals surface area contributed by atoms with Gasteiger partial charge in [-0.05, 0) is 31.5 Å². The smallest absolute Gasteiger partial charge is 0.170 e. The monoisotopic (exact) mass is 291 g/mol. The quantitative estimate of drug-likeness (QED) is 0.926. The van der Waals surface area contributed by atoms with Crippen molar-refractivity contribution in [3.05, 3.63) is 35.4 Å². The van der Waals surface area contributed by atoms with Gasteiger partial charge in [0.25, 0.3) is 0 Å². The Morgan fingerprint density at radius 2 is 2.00 bits per heavy atom. The maximum atomic E-state index is 10.4. The lowest BCUT2D eigenvalue weighted by atomic mass is 9.86. The minimum atomic E-state index is -0.454. The van der Waals surface area contributed by atoms with Gasteiger partial charge in [0.05, 0.1) is 19.3 Å². The van der Waals surface area contributed by atoms with Gasteiger partial charge in [-0.15, -0.1) is 0 Å². The van der Waals surface area contributed by atoms with E-state index >= 15 is 0 Å². The molecule has 1 saturated carbocycles. The highest BCUT2D eigenvalue weighted by molar-refractivity contribution is 5.25. The molecule has 2 atom stereocenters. The van der Waals surface area contributed by atoms with E-state index in [1.54, 1.807) is 0 Å². The molecule has 1 heterocycles. The van der Waals surface area contributed by atoms with Crippen molar-refractivity contribution >= 4 is 0 Å². The molecule has 1 saturated heterocycles. The van der Waals surface area contributed by atoms with Gasteiger partial charge < -0.3 is 14.6 Å². The Morgan fingerprint density at radius 3 is 2.71 bits per heavy atom. The van der Waals surface area contributed by atoms with Gasteiger partial charge in [0, 0.05) is 25.4 Å². The van der Waals surface area contributed by atoms with Gasteiger partial charge in [0.1, 0.15) is 0 Å². The molecular weight excluding hydrogens is 266 g/mol. The van der Waals surface area contributed by atoms with Gasteiger partial charge in [-0.3, -0.25) is 4.90 Å². The van der Waals surface area contributed by atoms with Crippen molar-refractivity contribution in [3.8, 4) is 0 Å². The topological polar surface area (TPSA) is 41.9 Å². The summed E-state index contributed by atoms with van der Waals surface area (Å²) in [4.78, 5) is 2.24. The van der Waals surface area contributed by atoms with E-state index in [0.29, 0.717) is 13.2 Å². The number of hydrogen-bond acceptors (Lipinski definition) is 4. The number of aliphatic hydroxyl groups is 1. The average Bonchev–Trinajstić information content (AvgIpc) is 2.93. The second-order valence-corrected chi connectivity index (χ2v) is 6.33. The summed E-state index contributed by atoms with van der Waals surface area (Å²) in [5.74, 6) is -0.454. The molecule has 1 N–H and O–H groups in total. The minimum absolute atomic E-state index is 0.0801. The van der Waals surface area contributed by atoms with E-state index in [-0.39, 0.29) is 12.1 Å². The van der Waals surface area contributed by atoms with Crippen LogP contribution in [0.2, 0.25) is 0 Å². The van der Waals surface area contributed by atoms with E-state index in [4.69, 9.17) is 9.47 Å². The second kappa shape index (κ2) is 6.05. The van der Waals surface area contributed by atoms with E-state index in [1.807, 2.05) is 0 Å². The fourth-order valence-corrected chi connectivity index (χ4v) is 3.50. The van der Waals surface area contributed by atoms with Crippen molar-refractivity contribution in [3.63, 3.8) is 0 Å². The molecule has 0 aromatic heterocycles. The summed E-state index contributed by atoms with van der Waals surface area (Å²) in [6, 6.07) is 8.49. The number of hydrogen-bond donors (Lipinski definition) is 1. The Bertz CT molecular complexity index is 485. The molecule has 1 aromatic carbocycles. The highest BCUT2D eigenvalue weighted by Crippen LogP contribution is 2.37. The van der Waals surface area contributed by atoms with Crippen molar-refractivity contribution in [1.29, 1.82) is 0 Å². The first kappa shape index (κ1) is 15.0. The fourth-order valence-electron chi connectivity index (χ4n) is 3.50. The van der Waals surface area contributed by atoms with E-state index < -0.39 is 5.79 Å². The predicted octanol–water partition coefficient (Wildman–Crippen LogP) is 2.08. The molecule has 1 aliphatic heterocycles. The molecular formula is C17H25NO3. The third-order valence-corrected chi connectivity index (χ3v) is 4.85. The average molecular weight is 291 g/mol. The summed E-state index contributed by atoms with van der Waals surface area (Å²) in [5, 5.41) is 10.4. The lowest BCUT2D eigenvalue weighted by Crippen LogP contribution is -2.52. The zero-order valence-electron chi connectivity index (χ0n) is 12.9. The normalized spacial score (nSPS) is 28.4. The van der Waals surface area contributed by atoms with Crippen LogP contribution in [0.25, 0.3) is 0 Å². The summed E-state index contributed by atoms with van der Waals surface area (Å²) in [6.07, 6.45) is 1.97. The lowest BCUT2D eigenvalue weighted by molar-refractivity contribution is -0.204. The number of benzene rings is 1. The summed E-state index contributed by atoms with van der Waals surface area (Å²) in [6.45, 7) is 4.31. The van der Waals surface area contributed by atoms with Crippen LogP contribution < -0.4 is 0 Å². The number of likely N-dealkylation sites (N-methyl/N-ethyl adjacent to an activating group) is 1. The van der Waals surface area contributed by atoms with Crippen molar-refractivity contribution < 1.29 is 14.6 Å². The molecule has 0 radical (unpaired) electrons. The molecule has 4 heteroatoms. The molecule has 3 rings (SSSR count). The summed E-state index contributed by atoms with van der Waals surface area (Å²) < 4.78 is 11.6. The standard InChI is InChI=1S/C17H25NO3/c1-13-5-3-4-6-14(13)12-18(2)15-11-17(8-7-16(15)19)20-9-10-21-17/h3-6,15-16,19H,7-12H2,1-2H3. The molecule has 0 amide bonds. The molecule has 1 aromatic rings. The lowest BCUT2D eigenvalue weighted by Gasteiger charge is -2.43. The third-order valence-electron chi connectivity index (χ3n) is 4.85. The van der Waals surface area contributed by atoms with Crippen LogP contribution in [0.3, 0.4) is 0 Å². The van der Waals surface area contributed by atoms with Crippen LogP contribution in [0.1, 0.15) is 30.4 Å². The second-order valence-electron chi connectivity index (χ2n) is 6.33. The molecule has 4 nitrogen and oxygen atoms in total. The zero-order chi connectivity index (χ0) is 14.9. The molecule has 21 heavy (non-hydrogen) atoms. The first-order valence-electron chi connectivity index (χ1n) is 7.80. The molecule has 1 aliphatic carbocycles. The van der Waals surface area contributed by atoms with E-state index in [2.05, 4.69) is 43.1 Å². The molecule has 1 spiro atoms. The molecule has 0 bridgehead atoms. The molecule has 2 fully saturated rings. The van der Waals surface area contributed by atoms with Crippen LogP contribution in [-0.4, -0.2) is 48.2 Å². The minimum Gasteiger partial charge on any atom is -0.391 e. The highest BCUT2D eigenvalue weighted by Gasteiger charge is 2.45. The Labute approximate surface area is 126 Å². The number of nitrogens with zero attached hydrogens (tertiary/aromatic N) is 1. The van der Waals surface area contributed by atoms with Gasteiger partial charge in [0.2, 0.25) is 0 Å². The number of aliphatic hydroxyl groups excluding tert-OH is 1. The Hall–Kier alpha value is -0.940. The van der Waals surface area contributed by atoms with Crippen LogP contribution in [0.4, 0.5) is 0 Å². The van der Waals surface area contributed by atoms with Gasteiger partial charge >= 0.3 is 0 Å². The van der Waals surface area contributed by atoms with Crippen molar-refractivity contribution in [2.45, 2.75) is 50.7 Å². The number of ether oxygens (including phenoxy) is 2. The van der Waals surface area contributed by atoms with Crippen LogP contribution in [0.5, 0.6) is 0 Å². The van der Waals surface area contributed by atoms with Crippen LogP contribution in [0, 0.1) is 6.92 Å². The van der Waals surface area contributed by atoms with Crippen LogP contribution >= 0.6 is 0 Å². The van der Waals surface area contributed by atoms with Gasteiger partial charge in [-0.25, -0.2) is 0 Å². The Morgan fingerprint density at radius 1 is 1.29 bits per heavy atom. The van der Waals surface area contributed by atoms with Crippen molar-refractivity contribution in [2.75, 3.05) is 20.3 Å². The Balaban J connectivity index is 1.70. The van der Waals surface area contributed by atoms with E-state index in [0.717, 1.165) is 25.8 Å². The third kappa shape index (κ3) is 3.14. The number of aryl methyl sites for hydroxylation is 1. The van der Waals surface area contributed by atoms with Crippen LogP contribution in [0.15, 0.2) is 24.3 Å². The summed E-state index contributed by atoms with van der Waals surface area (Å²) in [5.41, 5.74) is 2.60. The maximum Gasteiger partial charge on any atom is 0.170 e. The fraction of sp³-hybridized carbons (Fsp3) is 0.647. The van der Waals surface area contributed by atoms with E-state index in [9.17, 15) is 5.11 Å². The highest BCUT2D eigenvalue weighted by atomic mass is 16.7. The Kier molecular flexibility index (Phi) is 4.31. The SMILES string of the molecule is Cc1ccccc1CN(C)C1CC2(CCC1O)OCCO2. The van der Waals surface area contributed by atoms with Crippen LogP contribution in [-0.2, 0) is 16.0 Å².